The number of hydrogen-bond donors (Lipinski definition) is 1. The molecule has 4 rings (SSSR count). The summed E-state index contributed by atoms with van der Waals surface area (Å²) in [6.45, 7) is 9.20. The molecule has 1 amide bonds. The lowest BCUT2D eigenvalue weighted by Crippen LogP contribution is -2.26. The highest BCUT2D eigenvalue weighted by molar-refractivity contribution is 6.32. The van der Waals surface area contributed by atoms with E-state index >= 15 is 0 Å². The molecule has 2 heterocycles. The molecule has 2 atom stereocenters. The van der Waals surface area contributed by atoms with Gasteiger partial charge in [0.15, 0.2) is 0 Å². The molecule has 32 heavy (non-hydrogen) atoms. The molecule has 3 aromatic rings. The lowest BCUT2D eigenvalue weighted by Gasteiger charge is -2.19. The lowest BCUT2D eigenvalue weighted by atomic mass is 10.1. The number of rotatable bonds is 8. The molecule has 2 aromatic carbocycles. The first kappa shape index (κ1) is 22.4. The molecule has 7 heteroatoms. The molecule has 0 unspecified atom stereocenters. The largest absolute Gasteiger partial charge is 0.491 e. The van der Waals surface area contributed by atoms with Crippen LogP contribution < -0.4 is 4.74 Å². The highest BCUT2D eigenvalue weighted by Crippen LogP contribution is 2.31. The van der Waals surface area contributed by atoms with Crippen LogP contribution in [0.2, 0.25) is 5.02 Å². The number of aliphatic hydroxyl groups is 1. The molecule has 1 fully saturated rings. The van der Waals surface area contributed by atoms with Crippen molar-refractivity contribution in [2.24, 2.45) is 0 Å². The Labute approximate surface area is 193 Å². The Kier molecular flexibility index (Phi) is 6.53. The van der Waals surface area contributed by atoms with E-state index in [1.54, 1.807) is 11.0 Å². The summed E-state index contributed by atoms with van der Waals surface area (Å²) in [5.74, 6) is 1.58. The van der Waals surface area contributed by atoms with Crippen molar-refractivity contribution < 1.29 is 14.6 Å². The number of likely N-dealkylation sites (tertiary alicyclic amines) is 1. The van der Waals surface area contributed by atoms with E-state index in [0.717, 1.165) is 33.0 Å². The van der Waals surface area contributed by atoms with Crippen LogP contribution in [0.25, 0.3) is 11.0 Å². The van der Waals surface area contributed by atoms with Gasteiger partial charge in [-0.3, -0.25) is 4.79 Å². The van der Waals surface area contributed by atoms with Gasteiger partial charge in [0, 0.05) is 30.5 Å². The van der Waals surface area contributed by atoms with E-state index in [-0.39, 0.29) is 18.4 Å². The zero-order chi connectivity index (χ0) is 22.8. The number of aromatic nitrogens is 2. The molecular formula is C25H28ClN3O3. The van der Waals surface area contributed by atoms with Gasteiger partial charge in [-0.05, 0) is 49.2 Å². The Morgan fingerprint density at radius 2 is 2.03 bits per heavy atom. The van der Waals surface area contributed by atoms with E-state index in [1.165, 1.54) is 0 Å². The van der Waals surface area contributed by atoms with Crippen LogP contribution in [0.4, 0.5) is 0 Å². The van der Waals surface area contributed by atoms with Gasteiger partial charge in [-0.2, -0.15) is 0 Å². The Hall–Kier alpha value is -2.83. The molecule has 0 saturated carbocycles. The number of carbonyl (C=O) groups excluding carboxylic acids is 1. The second-order valence-electron chi connectivity index (χ2n) is 8.39. The molecule has 168 valence electrons. The Morgan fingerprint density at radius 1 is 1.31 bits per heavy atom. The van der Waals surface area contributed by atoms with Crippen LogP contribution in [0.15, 0.2) is 49.1 Å². The summed E-state index contributed by atoms with van der Waals surface area (Å²) in [5, 5.41) is 11.5. The number of aliphatic hydroxyl groups excluding tert-OH is 1. The van der Waals surface area contributed by atoms with Crippen molar-refractivity contribution in [3.63, 3.8) is 0 Å². The number of ether oxygens (including phenoxy) is 1. The quantitative estimate of drug-likeness (QED) is 0.518. The maximum absolute atomic E-state index is 12.4. The Balaban J connectivity index is 1.54. The second-order valence-corrected chi connectivity index (χ2v) is 8.77. The van der Waals surface area contributed by atoms with Crippen molar-refractivity contribution in [3.8, 4) is 5.75 Å². The molecule has 6 nitrogen and oxygen atoms in total. The minimum Gasteiger partial charge on any atom is -0.491 e. The number of para-hydroxylation sites is 2. The van der Waals surface area contributed by atoms with Crippen LogP contribution in [0.3, 0.4) is 0 Å². The van der Waals surface area contributed by atoms with Gasteiger partial charge >= 0.3 is 0 Å². The maximum Gasteiger partial charge on any atom is 0.223 e. The highest BCUT2D eigenvalue weighted by atomic mass is 35.5. The SMILES string of the molecule is C=CCN1C[C@H](c2nc3ccccc3n2C[C@H](O)COc2cc(C)c(Cl)c(C)c2)CC1=O. The Bertz CT molecular complexity index is 1130. The number of halogens is 1. The highest BCUT2D eigenvalue weighted by Gasteiger charge is 2.33. The van der Waals surface area contributed by atoms with Crippen molar-refractivity contribution in [2.75, 3.05) is 19.7 Å². The van der Waals surface area contributed by atoms with Crippen LogP contribution in [0, 0.1) is 13.8 Å². The summed E-state index contributed by atoms with van der Waals surface area (Å²) in [5.41, 5.74) is 3.67. The number of carbonyl (C=O) groups is 1. The van der Waals surface area contributed by atoms with Crippen LogP contribution in [-0.2, 0) is 11.3 Å². The minimum absolute atomic E-state index is 0.0236. The zero-order valence-corrected chi connectivity index (χ0v) is 19.2. The van der Waals surface area contributed by atoms with Crippen molar-refractivity contribution in [1.82, 2.24) is 14.5 Å². The molecule has 0 radical (unpaired) electrons. The van der Waals surface area contributed by atoms with Crippen LogP contribution >= 0.6 is 11.6 Å². The molecular weight excluding hydrogens is 426 g/mol. The van der Waals surface area contributed by atoms with Crippen molar-refractivity contribution in [1.29, 1.82) is 0 Å². The fourth-order valence-electron chi connectivity index (χ4n) is 4.32. The summed E-state index contributed by atoms with van der Waals surface area (Å²) < 4.78 is 7.89. The van der Waals surface area contributed by atoms with Gasteiger partial charge in [-0.1, -0.05) is 29.8 Å². The average molecular weight is 454 g/mol. The predicted octanol–water partition coefficient (Wildman–Crippen LogP) is 4.25. The average Bonchev–Trinajstić information content (AvgIpc) is 3.31. The Morgan fingerprint density at radius 3 is 2.75 bits per heavy atom. The number of hydrogen-bond acceptors (Lipinski definition) is 4. The first-order chi connectivity index (χ1) is 15.4. The molecule has 1 aromatic heterocycles. The third kappa shape index (κ3) is 4.52. The third-order valence-corrected chi connectivity index (χ3v) is 6.46. The summed E-state index contributed by atoms with van der Waals surface area (Å²) in [7, 11) is 0. The standard InChI is InChI=1S/C25H28ClN3O3/c1-4-9-28-13-18(12-23(28)31)25-27-21-7-5-6-8-22(21)29(25)14-19(30)15-32-20-10-16(2)24(26)17(3)11-20/h4-8,10-11,18-19,30H,1,9,12-15H2,2-3H3/t18-,19+/m1/s1. The summed E-state index contributed by atoms with van der Waals surface area (Å²) in [6, 6.07) is 11.6. The normalized spacial score (nSPS) is 17.2. The molecule has 0 aliphatic carbocycles. The van der Waals surface area contributed by atoms with E-state index in [9.17, 15) is 9.90 Å². The fourth-order valence-corrected chi connectivity index (χ4v) is 4.43. The van der Waals surface area contributed by atoms with Gasteiger partial charge < -0.3 is 19.3 Å². The minimum atomic E-state index is -0.746. The van der Waals surface area contributed by atoms with Gasteiger partial charge in [0.25, 0.3) is 0 Å². The summed E-state index contributed by atoms with van der Waals surface area (Å²) in [6.07, 6.45) is 1.40. The number of nitrogens with zero attached hydrogens (tertiary/aromatic N) is 3. The maximum atomic E-state index is 12.4. The van der Waals surface area contributed by atoms with E-state index < -0.39 is 6.10 Å². The van der Waals surface area contributed by atoms with E-state index in [4.69, 9.17) is 21.3 Å². The number of aryl methyl sites for hydroxylation is 2. The summed E-state index contributed by atoms with van der Waals surface area (Å²) >= 11 is 6.23. The topological polar surface area (TPSA) is 67.6 Å². The molecule has 1 saturated heterocycles. The second kappa shape index (κ2) is 9.35. The van der Waals surface area contributed by atoms with Crippen LogP contribution in [0.1, 0.15) is 29.3 Å². The number of imidazole rings is 1. The van der Waals surface area contributed by atoms with E-state index in [0.29, 0.717) is 31.8 Å². The predicted molar refractivity (Wildman–Crippen MR) is 126 cm³/mol. The van der Waals surface area contributed by atoms with Gasteiger partial charge in [0.2, 0.25) is 5.91 Å². The van der Waals surface area contributed by atoms with Crippen LogP contribution in [-0.4, -0.2) is 51.3 Å². The zero-order valence-electron chi connectivity index (χ0n) is 18.4. The first-order valence-electron chi connectivity index (χ1n) is 10.8. The monoisotopic (exact) mass is 453 g/mol. The first-order valence-corrected chi connectivity index (χ1v) is 11.2. The van der Waals surface area contributed by atoms with Gasteiger partial charge in [-0.15, -0.1) is 6.58 Å². The smallest absolute Gasteiger partial charge is 0.223 e. The number of benzene rings is 2. The van der Waals surface area contributed by atoms with Gasteiger partial charge in [0.05, 0.1) is 17.6 Å². The molecule has 1 aliphatic rings. The van der Waals surface area contributed by atoms with Crippen molar-refractivity contribution in [2.45, 2.75) is 38.8 Å². The van der Waals surface area contributed by atoms with E-state index in [1.807, 2.05) is 54.8 Å². The van der Waals surface area contributed by atoms with Crippen molar-refractivity contribution in [3.05, 3.63) is 71.0 Å². The molecule has 0 bridgehead atoms. The lowest BCUT2D eigenvalue weighted by molar-refractivity contribution is -0.127. The molecule has 1 aliphatic heterocycles. The third-order valence-electron chi connectivity index (χ3n) is 5.86. The summed E-state index contributed by atoms with van der Waals surface area (Å²) in [4.78, 5) is 19.0. The van der Waals surface area contributed by atoms with Crippen LogP contribution in [0.5, 0.6) is 5.75 Å². The fraction of sp³-hybridized carbons (Fsp3) is 0.360. The van der Waals surface area contributed by atoms with Gasteiger partial charge in [-0.25, -0.2) is 4.98 Å². The van der Waals surface area contributed by atoms with Crippen molar-refractivity contribution >= 4 is 28.5 Å². The van der Waals surface area contributed by atoms with E-state index in [2.05, 4.69) is 6.58 Å². The van der Waals surface area contributed by atoms with Gasteiger partial charge in [0.1, 0.15) is 24.3 Å². The molecule has 0 spiro atoms. The molecule has 1 N–H and O–H groups in total. The number of amides is 1. The number of fused-ring (bicyclic) bond motifs is 1.